The van der Waals surface area contributed by atoms with E-state index in [9.17, 15) is 0 Å². The molecule has 0 radical (unpaired) electrons. The first kappa shape index (κ1) is 8.48. The molecule has 3 nitrogen and oxygen atoms in total. The van der Waals surface area contributed by atoms with Crippen molar-refractivity contribution < 1.29 is 14.2 Å². The van der Waals surface area contributed by atoms with E-state index in [1.165, 1.54) is 0 Å². The van der Waals surface area contributed by atoms with Gasteiger partial charge in [0.2, 0.25) is 0 Å². The summed E-state index contributed by atoms with van der Waals surface area (Å²) in [5, 5.41) is 0. The molecular weight excluding hydrogens is 156 g/mol. The van der Waals surface area contributed by atoms with Crippen LogP contribution in [0.1, 0.15) is 20.3 Å². The highest BCUT2D eigenvalue weighted by Crippen LogP contribution is 2.28. The Hall–Kier alpha value is -0.120. The molecule has 3 heteroatoms. The first-order valence-electron chi connectivity index (χ1n) is 4.66. The smallest absolute Gasteiger partial charge is 0.112 e. The van der Waals surface area contributed by atoms with Gasteiger partial charge in [0.15, 0.2) is 0 Å². The molecule has 0 aromatic rings. The molecule has 2 heterocycles. The van der Waals surface area contributed by atoms with E-state index in [0.717, 1.165) is 13.0 Å². The van der Waals surface area contributed by atoms with Crippen LogP contribution in [-0.4, -0.2) is 37.6 Å². The Labute approximate surface area is 73.0 Å². The van der Waals surface area contributed by atoms with Gasteiger partial charge in [-0.05, 0) is 20.3 Å². The second-order valence-corrected chi connectivity index (χ2v) is 3.72. The maximum Gasteiger partial charge on any atom is 0.112 e. The number of hydrogen-bond acceptors (Lipinski definition) is 3. The van der Waals surface area contributed by atoms with Gasteiger partial charge in [0.05, 0.1) is 18.8 Å². The zero-order valence-electron chi connectivity index (χ0n) is 7.66. The fraction of sp³-hybridized carbons (Fsp3) is 1.00. The van der Waals surface area contributed by atoms with Crippen molar-refractivity contribution in [2.24, 2.45) is 0 Å². The first-order chi connectivity index (χ1) is 5.77. The molecule has 2 aliphatic rings. The number of fused-ring (bicyclic) bond motifs is 1. The van der Waals surface area contributed by atoms with Gasteiger partial charge in [-0.3, -0.25) is 0 Å². The van der Waals surface area contributed by atoms with Gasteiger partial charge in [0.1, 0.15) is 12.2 Å². The van der Waals surface area contributed by atoms with E-state index in [1.54, 1.807) is 0 Å². The van der Waals surface area contributed by atoms with Gasteiger partial charge in [0, 0.05) is 6.61 Å². The summed E-state index contributed by atoms with van der Waals surface area (Å²) in [5.74, 6) is 0. The minimum atomic E-state index is 0.164. The Kier molecular flexibility index (Phi) is 2.35. The van der Waals surface area contributed by atoms with Crippen LogP contribution < -0.4 is 0 Å². The van der Waals surface area contributed by atoms with E-state index >= 15 is 0 Å². The molecule has 3 unspecified atom stereocenters. The van der Waals surface area contributed by atoms with Crippen LogP contribution in [-0.2, 0) is 14.2 Å². The monoisotopic (exact) mass is 172 g/mol. The molecule has 0 N–H and O–H groups in total. The molecule has 0 aromatic carbocycles. The lowest BCUT2D eigenvalue weighted by Gasteiger charge is -2.18. The van der Waals surface area contributed by atoms with Crippen molar-refractivity contribution in [3.8, 4) is 0 Å². The van der Waals surface area contributed by atoms with Crippen LogP contribution in [0, 0.1) is 0 Å². The Morgan fingerprint density at radius 1 is 1.33 bits per heavy atom. The van der Waals surface area contributed by atoms with Crippen LogP contribution in [0.25, 0.3) is 0 Å². The molecule has 2 aliphatic heterocycles. The summed E-state index contributed by atoms with van der Waals surface area (Å²) < 4.78 is 16.8. The van der Waals surface area contributed by atoms with E-state index in [1.807, 2.05) is 13.8 Å². The van der Waals surface area contributed by atoms with Crippen LogP contribution in [0.5, 0.6) is 0 Å². The third kappa shape index (κ3) is 1.49. The lowest BCUT2D eigenvalue weighted by atomic mass is 10.1. The molecule has 0 bridgehead atoms. The van der Waals surface area contributed by atoms with Crippen LogP contribution in [0.4, 0.5) is 0 Å². The van der Waals surface area contributed by atoms with Crippen LogP contribution >= 0.6 is 0 Å². The second-order valence-electron chi connectivity index (χ2n) is 3.72. The Bertz CT molecular complexity index is 158. The quantitative estimate of drug-likeness (QED) is 0.621. The van der Waals surface area contributed by atoms with E-state index < -0.39 is 0 Å². The van der Waals surface area contributed by atoms with Gasteiger partial charge in [-0.1, -0.05) is 0 Å². The summed E-state index contributed by atoms with van der Waals surface area (Å²) in [5.41, 5.74) is 0. The van der Waals surface area contributed by atoms with Crippen LogP contribution in [0.3, 0.4) is 0 Å². The van der Waals surface area contributed by atoms with E-state index in [4.69, 9.17) is 14.2 Å². The highest BCUT2D eigenvalue weighted by molar-refractivity contribution is 4.89. The Morgan fingerprint density at radius 2 is 2.17 bits per heavy atom. The predicted octanol–water partition coefficient (Wildman–Crippen LogP) is 0.968. The van der Waals surface area contributed by atoms with E-state index in [0.29, 0.717) is 12.7 Å². The van der Waals surface area contributed by atoms with Crippen molar-refractivity contribution in [1.82, 2.24) is 0 Å². The topological polar surface area (TPSA) is 27.7 Å². The van der Waals surface area contributed by atoms with Crippen molar-refractivity contribution in [1.29, 1.82) is 0 Å². The van der Waals surface area contributed by atoms with Crippen LogP contribution in [0.2, 0.25) is 0 Å². The SMILES string of the molecule is CC(C)OC1COC2CCOC21. The summed E-state index contributed by atoms with van der Waals surface area (Å²) >= 11 is 0. The average molecular weight is 172 g/mol. The number of ether oxygens (including phenoxy) is 3. The molecule has 0 spiro atoms. The molecule has 12 heavy (non-hydrogen) atoms. The predicted molar refractivity (Wildman–Crippen MR) is 44.1 cm³/mol. The third-order valence-corrected chi connectivity index (χ3v) is 2.37. The lowest BCUT2D eigenvalue weighted by molar-refractivity contribution is -0.0568. The van der Waals surface area contributed by atoms with Gasteiger partial charge in [-0.2, -0.15) is 0 Å². The van der Waals surface area contributed by atoms with Crippen molar-refractivity contribution in [2.45, 2.75) is 44.7 Å². The molecule has 0 aliphatic carbocycles. The molecular formula is C9H16O3. The highest BCUT2D eigenvalue weighted by Gasteiger charge is 2.42. The summed E-state index contributed by atoms with van der Waals surface area (Å²) in [6, 6.07) is 0. The van der Waals surface area contributed by atoms with Gasteiger partial charge >= 0.3 is 0 Å². The molecule has 0 aromatic heterocycles. The summed E-state index contributed by atoms with van der Waals surface area (Å²) in [7, 11) is 0. The molecule has 70 valence electrons. The lowest BCUT2D eigenvalue weighted by Crippen LogP contribution is -2.32. The standard InChI is InChI=1S/C9H16O3/c1-6(2)12-8-5-11-7-3-4-10-9(7)8/h6-9H,3-5H2,1-2H3. The van der Waals surface area contributed by atoms with E-state index in [-0.39, 0.29) is 18.3 Å². The number of rotatable bonds is 2. The van der Waals surface area contributed by atoms with Crippen molar-refractivity contribution in [3.05, 3.63) is 0 Å². The minimum absolute atomic E-state index is 0.164. The zero-order chi connectivity index (χ0) is 8.55. The normalized spacial score (nSPS) is 40.8. The van der Waals surface area contributed by atoms with Gasteiger partial charge in [0.25, 0.3) is 0 Å². The van der Waals surface area contributed by atoms with Crippen molar-refractivity contribution in [3.63, 3.8) is 0 Å². The largest absolute Gasteiger partial charge is 0.373 e. The fourth-order valence-corrected chi connectivity index (χ4v) is 1.90. The van der Waals surface area contributed by atoms with Gasteiger partial charge in [-0.15, -0.1) is 0 Å². The minimum Gasteiger partial charge on any atom is -0.373 e. The zero-order valence-corrected chi connectivity index (χ0v) is 7.66. The summed E-state index contributed by atoms with van der Waals surface area (Å²) in [4.78, 5) is 0. The maximum absolute atomic E-state index is 5.68. The average Bonchev–Trinajstić information content (AvgIpc) is 2.52. The molecule has 2 fully saturated rings. The Balaban J connectivity index is 1.91. The molecule has 2 saturated heterocycles. The van der Waals surface area contributed by atoms with Gasteiger partial charge < -0.3 is 14.2 Å². The van der Waals surface area contributed by atoms with Crippen LogP contribution in [0.15, 0.2) is 0 Å². The Morgan fingerprint density at radius 3 is 2.92 bits per heavy atom. The van der Waals surface area contributed by atoms with Crippen molar-refractivity contribution in [2.75, 3.05) is 13.2 Å². The maximum atomic E-state index is 5.68. The highest BCUT2D eigenvalue weighted by atomic mass is 16.6. The van der Waals surface area contributed by atoms with E-state index in [2.05, 4.69) is 0 Å². The molecule has 0 amide bonds. The third-order valence-electron chi connectivity index (χ3n) is 2.37. The van der Waals surface area contributed by atoms with Crippen molar-refractivity contribution >= 4 is 0 Å². The fourth-order valence-electron chi connectivity index (χ4n) is 1.90. The molecule has 2 rings (SSSR count). The summed E-state index contributed by atoms with van der Waals surface area (Å²) in [6.07, 6.45) is 1.96. The summed E-state index contributed by atoms with van der Waals surface area (Å²) in [6.45, 7) is 5.62. The first-order valence-corrected chi connectivity index (χ1v) is 4.66. The van der Waals surface area contributed by atoms with Gasteiger partial charge in [-0.25, -0.2) is 0 Å². The molecule has 0 saturated carbocycles. The second kappa shape index (κ2) is 3.32. The number of hydrogen-bond donors (Lipinski definition) is 0. The molecule has 3 atom stereocenters.